The maximum absolute atomic E-state index is 11.5. The van der Waals surface area contributed by atoms with E-state index in [4.69, 9.17) is 9.47 Å². The Morgan fingerprint density at radius 1 is 0.727 bits per heavy atom. The fourth-order valence-corrected chi connectivity index (χ4v) is 2.27. The first-order valence-electron chi connectivity index (χ1n) is 6.86. The molecule has 2 aromatic carbocycles. The first-order valence-corrected chi connectivity index (χ1v) is 6.86. The lowest BCUT2D eigenvalue weighted by molar-refractivity contribution is 0.100. The molecule has 22 heavy (non-hydrogen) atoms. The highest BCUT2D eigenvalue weighted by Crippen LogP contribution is 2.37. The Morgan fingerprint density at radius 3 is 1.36 bits per heavy atom. The predicted octanol–water partition coefficient (Wildman–Crippen LogP) is 3.78. The van der Waals surface area contributed by atoms with E-state index in [1.807, 2.05) is 12.1 Å². The normalized spacial score (nSPS) is 10.2. The number of hydrogen-bond donors (Lipinski definition) is 0. The molecular formula is C18H18O4. The van der Waals surface area contributed by atoms with E-state index in [0.717, 1.165) is 11.1 Å². The number of carbonyl (C=O) groups is 2. The number of methoxy groups -OCH3 is 2. The number of ketones is 2. The van der Waals surface area contributed by atoms with Crippen LogP contribution >= 0.6 is 0 Å². The Morgan fingerprint density at radius 2 is 1.09 bits per heavy atom. The Hall–Kier alpha value is -2.62. The van der Waals surface area contributed by atoms with Crippen LogP contribution in [0.5, 0.6) is 11.5 Å². The lowest BCUT2D eigenvalue weighted by Crippen LogP contribution is -1.98. The van der Waals surface area contributed by atoms with Gasteiger partial charge in [0.2, 0.25) is 0 Å². The maximum Gasteiger partial charge on any atom is 0.159 e. The molecule has 4 heteroatoms. The van der Waals surface area contributed by atoms with Crippen LogP contribution in [-0.4, -0.2) is 25.8 Å². The SMILES string of the molecule is COc1cc(C(C)=O)ccc1-c1ccc(C(C)=O)cc1OC. The molecule has 0 fully saturated rings. The zero-order chi connectivity index (χ0) is 16.3. The van der Waals surface area contributed by atoms with Crippen molar-refractivity contribution in [3.8, 4) is 22.6 Å². The Kier molecular flexibility index (Phi) is 4.61. The molecule has 0 bridgehead atoms. The van der Waals surface area contributed by atoms with E-state index >= 15 is 0 Å². The van der Waals surface area contributed by atoms with Gasteiger partial charge in [0.15, 0.2) is 11.6 Å². The van der Waals surface area contributed by atoms with Crippen molar-refractivity contribution >= 4 is 11.6 Å². The summed E-state index contributed by atoms with van der Waals surface area (Å²) in [6, 6.07) is 10.5. The smallest absolute Gasteiger partial charge is 0.159 e. The third-order valence-electron chi connectivity index (χ3n) is 3.51. The summed E-state index contributed by atoms with van der Waals surface area (Å²) in [5, 5.41) is 0. The van der Waals surface area contributed by atoms with Crippen LogP contribution in [0.2, 0.25) is 0 Å². The van der Waals surface area contributed by atoms with E-state index < -0.39 is 0 Å². The number of hydrogen-bond acceptors (Lipinski definition) is 4. The molecule has 0 atom stereocenters. The molecule has 0 heterocycles. The van der Waals surface area contributed by atoms with Crippen molar-refractivity contribution in [2.75, 3.05) is 14.2 Å². The molecule has 2 aromatic rings. The molecule has 114 valence electrons. The second-order valence-electron chi connectivity index (χ2n) is 4.94. The van der Waals surface area contributed by atoms with Crippen molar-refractivity contribution in [1.82, 2.24) is 0 Å². The lowest BCUT2D eigenvalue weighted by Gasteiger charge is -2.14. The molecule has 2 rings (SSSR count). The number of ether oxygens (including phenoxy) is 2. The first kappa shape index (κ1) is 15.8. The Balaban J connectivity index is 2.60. The van der Waals surface area contributed by atoms with Gasteiger partial charge < -0.3 is 9.47 Å². The molecule has 0 saturated heterocycles. The van der Waals surface area contributed by atoms with Gasteiger partial charge in [-0.25, -0.2) is 0 Å². The summed E-state index contributed by atoms with van der Waals surface area (Å²) in [7, 11) is 3.11. The molecule has 0 spiro atoms. The van der Waals surface area contributed by atoms with Gasteiger partial charge in [0.05, 0.1) is 14.2 Å². The number of rotatable bonds is 5. The van der Waals surface area contributed by atoms with Crippen LogP contribution in [0.1, 0.15) is 34.6 Å². The molecule has 0 unspecified atom stereocenters. The van der Waals surface area contributed by atoms with Gasteiger partial charge in [-0.15, -0.1) is 0 Å². The van der Waals surface area contributed by atoms with E-state index in [9.17, 15) is 9.59 Å². The fourth-order valence-electron chi connectivity index (χ4n) is 2.27. The average molecular weight is 298 g/mol. The van der Waals surface area contributed by atoms with Crippen molar-refractivity contribution in [2.24, 2.45) is 0 Å². The van der Waals surface area contributed by atoms with Crippen LogP contribution in [0.15, 0.2) is 36.4 Å². The maximum atomic E-state index is 11.5. The van der Waals surface area contributed by atoms with E-state index in [-0.39, 0.29) is 11.6 Å². The van der Waals surface area contributed by atoms with Gasteiger partial charge in [0, 0.05) is 22.3 Å². The van der Waals surface area contributed by atoms with Crippen LogP contribution in [0.25, 0.3) is 11.1 Å². The molecule has 0 N–H and O–H groups in total. The Labute approximate surface area is 129 Å². The summed E-state index contributed by atoms with van der Waals surface area (Å²) < 4.78 is 10.8. The van der Waals surface area contributed by atoms with Gasteiger partial charge in [-0.05, 0) is 38.1 Å². The van der Waals surface area contributed by atoms with Crippen LogP contribution in [0.3, 0.4) is 0 Å². The largest absolute Gasteiger partial charge is 0.496 e. The summed E-state index contributed by atoms with van der Waals surface area (Å²) in [6.07, 6.45) is 0. The first-order chi connectivity index (χ1) is 10.5. The molecule has 0 amide bonds. The molecule has 0 saturated carbocycles. The van der Waals surface area contributed by atoms with E-state index in [0.29, 0.717) is 22.6 Å². The summed E-state index contributed by atoms with van der Waals surface area (Å²) in [6.45, 7) is 3.02. The molecule has 0 aliphatic rings. The molecule has 0 aliphatic heterocycles. The Bertz CT molecular complexity index is 668. The van der Waals surface area contributed by atoms with Crippen LogP contribution in [-0.2, 0) is 0 Å². The van der Waals surface area contributed by atoms with Gasteiger partial charge in [-0.3, -0.25) is 9.59 Å². The monoisotopic (exact) mass is 298 g/mol. The van der Waals surface area contributed by atoms with Crippen molar-refractivity contribution < 1.29 is 19.1 Å². The van der Waals surface area contributed by atoms with Crippen LogP contribution in [0, 0.1) is 0 Å². The second kappa shape index (κ2) is 6.43. The van der Waals surface area contributed by atoms with Gasteiger partial charge in [-0.2, -0.15) is 0 Å². The predicted molar refractivity (Wildman–Crippen MR) is 85.0 cm³/mol. The highest BCUT2D eigenvalue weighted by Gasteiger charge is 2.14. The lowest BCUT2D eigenvalue weighted by atomic mass is 9.98. The fraction of sp³-hybridized carbons (Fsp3) is 0.222. The van der Waals surface area contributed by atoms with Gasteiger partial charge in [-0.1, -0.05) is 12.1 Å². The minimum absolute atomic E-state index is 0.0243. The quantitative estimate of drug-likeness (QED) is 0.788. The molecular weight excluding hydrogens is 280 g/mol. The zero-order valence-electron chi connectivity index (χ0n) is 13.1. The van der Waals surface area contributed by atoms with Crippen molar-refractivity contribution in [3.05, 3.63) is 47.5 Å². The highest BCUT2D eigenvalue weighted by molar-refractivity contribution is 5.97. The minimum atomic E-state index is -0.0243. The standard InChI is InChI=1S/C18H18O4/c1-11(19)13-5-7-15(17(9-13)21-3)16-8-6-14(12(2)20)10-18(16)22-4/h5-10H,1-4H3. The number of carbonyl (C=O) groups excluding carboxylic acids is 2. The third kappa shape index (κ3) is 3.01. The van der Waals surface area contributed by atoms with Crippen molar-refractivity contribution in [3.63, 3.8) is 0 Å². The molecule has 0 aliphatic carbocycles. The van der Waals surface area contributed by atoms with Gasteiger partial charge in [0.1, 0.15) is 11.5 Å². The minimum Gasteiger partial charge on any atom is -0.496 e. The second-order valence-corrected chi connectivity index (χ2v) is 4.94. The summed E-state index contributed by atoms with van der Waals surface area (Å²) in [4.78, 5) is 23.0. The molecule has 4 nitrogen and oxygen atoms in total. The van der Waals surface area contributed by atoms with E-state index in [1.54, 1.807) is 38.5 Å². The summed E-state index contributed by atoms with van der Waals surface area (Å²) in [5.74, 6) is 1.12. The molecule has 0 aromatic heterocycles. The van der Waals surface area contributed by atoms with E-state index in [1.165, 1.54) is 13.8 Å². The zero-order valence-corrected chi connectivity index (χ0v) is 13.1. The highest BCUT2D eigenvalue weighted by atomic mass is 16.5. The molecule has 0 radical (unpaired) electrons. The third-order valence-corrected chi connectivity index (χ3v) is 3.51. The van der Waals surface area contributed by atoms with Crippen molar-refractivity contribution in [2.45, 2.75) is 13.8 Å². The van der Waals surface area contributed by atoms with Crippen molar-refractivity contribution in [1.29, 1.82) is 0 Å². The van der Waals surface area contributed by atoms with E-state index in [2.05, 4.69) is 0 Å². The summed E-state index contributed by atoms with van der Waals surface area (Å²) in [5.41, 5.74) is 2.78. The topological polar surface area (TPSA) is 52.6 Å². The van der Waals surface area contributed by atoms with Gasteiger partial charge in [0.25, 0.3) is 0 Å². The summed E-state index contributed by atoms with van der Waals surface area (Å²) >= 11 is 0. The van der Waals surface area contributed by atoms with Crippen LogP contribution in [0.4, 0.5) is 0 Å². The average Bonchev–Trinajstić information content (AvgIpc) is 2.53. The van der Waals surface area contributed by atoms with Crippen LogP contribution < -0.4 is 9.47 Å². The number of Topliss-reactive ketones (excluding diaryl/α,β-unsaturated/α-hetero) is 2. The number of benzene rings is 2. The van der Waals surface area contributed by atoms with Gasteiger partial charge >= 0.3 is 0 Å².